The van der Waals surface area contributed by atoms with Crippen molar-refractivity contribution in [2.24, 2.45) is 0 Å². The van der Waals surface area contributed by atoms with Gasteiger partial charge in [0.15, 0.2) is 0 Å². The molecule has 0 radical (unpaired) electrons. The van der Waals surface area contributed by atoms with Gasteiger partial charge in [-0.25, -0.2) is 0 Å². The number of amides is 1. The van der Waals surface area contributed by atoms with E-state index in [0.29, 0.717) is 6.41 Å². The van der Waals surface area contributed by atoms with Crippen LogP contribution in [0.15, 0.2) is 11.4 Å². The molecule has 3 heteroatoms. The largest absolute Gasteiger partial charge is 0.320 e. The highest BCUT2D eigenvalue weighted by Crippen LogP contribution is 2.20. The Kier molecular flexibility index (Phi) is 1.85. The van der Waals surface area contributed by atoms with Crippen LogP contribution in [0.4, 0.5) is 5.00 Å². The summed E-state index contributed by atoms with van der Waals surface area (Å²) in [7, 11) is 0. The Morgan fingerprint density at radius 1 is 1.78 bits per heavy atom. The quantitative estimate of drug-likeness (QED) is 0.623. The van der Waals surface area contributed by atoms with Crippen LogP contribution in [0.5, 0.6) is 0 Å². The van der Waals surface area contributed by atoms with Crippen molar-refractivity contribution in [3.63, 3.8) is 0 Å². The molecule has 0 aliphatic heterocycles. The fraction of sp³-hybridized carbons (Fsp3) is 0.167. The molecule has 48 valence electrons. The molecular formula is C6H7NOS. The number of nitrogens with one attached hydrogen (secondary N) is 1. The summed E-state index contributed by atoms with van der Waals surface area (Å²) in [5.74, 6) is 0. The average Bonchev–Trinajstić information content (AvgIpc) is 2.18. The van der Waals surface area contributed by atoms with Gasteiger partial charge < -0.3 is 5.32 Å². The first-order valence-corrected chi connectivity index (χ1v) is 3.47. The fourth-order valence-corrected chi connectivity index (χ4v) is 1.35. The van der Waals surface area contributed by atoms with Gasteiger partial charge in [-0.3, -0.25) is 4.79 Å². The molecule has 1 aromatic rings. The molecule has 2 nitrogen and oxygen atoms in total. The molecule has 1 aromatic heterocycles. The smallest absolute Gasteiger partial charge is 0.212 e. The number of anilines is 1. The predicted octanol–water partition coefficient (Wildman–Crippen LogP) is 1.62. The van der Waals surface area contributed by atoms with Crippen LogP contribution in [0.2, 0.25) is 0 Å². The summed E-state index contributed by atoms with van der Waals surface area (Å²) in [6, 6.07) is 1.97. The second kappa shape index (κ2) is 2.64. The highest BCUT2D eigenvalue weighted by atomic mass is 32.1. The van der Waals surface area contributed by atoms with E-state index in [1.54, 1.807) is 0 Å². The Bertz CT molecular complexity index is 207. The molecule has 0 saturated carbocycles. The third-order valence-electron chi connectivity index (χ3n) is 1.05. The van der Waals surface area contributed by atoms with Crippen LogP contribution in [-0.2, 0) is 4.79 Å². The summed E-state index contributed by atoms with van der Waals surface area (Å²) in [6.07, 6.45) is 0.693. The molecule has 0 aromatic carbocycles. The Morgan fingerprint density at radius 2 is 2.56 bits per heavy atom. The van der Waals surface area contributed by atoms with Gasteiger partial charge in [-0.2, -0.15) is 0 Å². The van der Waals surface area contributed by atoms with Crippen molar-refractivity contribution in [2.75, 3.05) is 5.32 Å². The second-order valence-corrected chi connectivity index (χ2v) is 2.61. The minimum Gasteiger partial charge on any atom is -0.320 e. The van der Waals surface area contributed by atoms with Gasteiger partial charge in [0.2, 0.25) is 6.41 Å². The highest BCUT2D eigenvalue weighted by Gasteiger charge is 1.94. The molecule has 1 heterocycles. The normalized spacial score (nSPS) is 9.00. The van der Waals surface area contributed by atoms with Crippen molar-refractivity contribution in [2.45, 2.75) is 6.92 Å². The first-order valence-electron chi connectivity index (χ1n) is 2.59. The van der Waals surface area contributed by atoms with Crippen LogP contribution in [0.25, 0.3) is 0 Å². The minimum atomic E-state index is 0.693. The second-order valence-electron chi connectivity index (χ2n) is 1.69. The highest BCUT2D eigenvalue weighted by molar-refractivity contribution is 7.14. The van der Waals surface area contributed by atoms with Crippen LogP contribution < -0.4 is 5.32 Å². The van der Waals surface area contributed by atoms with E-state index < -0.39 is 0 Å². The topological polar surface area (TPSA) is 29.1 Å². The van der Waals surface area contributed by atoms with Gasteiger partial charge >= 0.3 is 0 Å². The number of hydrogen-bond donors (Lipinski definition) is 1. The summed E-state index contributed by atoms with van der Waals surface area (Å²) < 4.78 is 0. The lowest BCUT2D eigenvalue weighted by Gasteiger charge is -1.91. The van der Waals surface area contributed by atoms with E-state index in [0.717, 1.165) is 10.6 Å². The summed E-state index contributed by atoms with van der Waals surface area (Å²) >= 11 is 1.53. The zero-order chi connectivity index (χ0) is 6.69. The van der Waals surface area contributed by atoms with Gasteiger partial charge in [0, 0.05) is 0 Å². The molecule has 9 heavy (non-hydrogen) atoms. The van der Waals surface area contributed by atoms with Crippen LogP contribution >= 0.6 is 11.3 Å². The molecule has 1 amide bonds. The van der Waals surface area contributed by atoms with Crippen LogP contribution in [-0.4, -0.2) is 6.41 Å². The monoisotopic (exact) mass is 141 g/mol. The van der Waals surface area contributed by atoms with Gasteiger partial charge in [-0.15, -0.1) is 11.3 Å². The van der Waals surface area contributed by atoms with E-state index >= 15 is 0 Å². The van der Waals surface area contributed by atoms with E-state index in [2.05, 4.69) is 5.32 Å². The van der Waals surface area contributed by atoms with Gasteiger partial charge in [0.1, 0.15) is 0 Å². The number of rotatable bonds is 2. The molecular weight excluding hydrogens is 134 g/mol. The van der Waals surface area contributed by atoms with E-state index in [9.17, 15) is 4.79 Å². The molecule has 1 rings (SSSR count). The summed E-state index contributed by atoms with van der Waals surface area (Å²) in [4.78, 5) is 9.92. The molecule has 0 atom stereocenters. The Balaban J connectivity index is 2.80. The molecule has 0 fully saturated rings. The Hall–Kier alpha value is -0.830. The maximum absolute atomic E-state index is 9.92. The number of hydrogen-bond acceptors (Lipinski definition) is 2. The molecule has 0 saturated heterocycles. The fourth-order valence-electron chi connectivity index (χ4n) is 0.574. The van der Waals surface area contributed by atoms with Gasteiger partial charge in [-0.05, 0) is 23.9 Å². The van der Waals surface area contributed by atoms with E-state index in [4.69, 9.17) is 0 Å². The Morgan fingerprint density at radius 3 is 3.00 bits per heavy atom. The molecule has 0 unspecified atom stereocenters. The lowest BCUT2D eigenvalue weighted by Crippen LogP contribution is -1.91. The molecule has 0 aliphatic rings. The average molecular weight is 141 g/mol. The summed E-state index contributed by atoms with van der Waals surface area (Å²) in [6.45, 7) is 1.96. The van der Waals surface area contributed by atoms with Gasteiger partial charge in [-0.1, -0.05) is 0 Å². The predicted molar refractivity (Wildman–Crippen MR) is 38.7 cm³/mol. The molecule has 1 N–H and O–H groups in total. The first-order chi connectivity index (χ1) is 4.34. The standard InChI is InChI=1S/C6H7NOS/c1-5-2-3-9-6(5)7-4-8/h2-4H,1H3,(H,7,8). The maximum atomic E-state index is 9.92. The maximum Gasteiger partial charge on any atom is 0.212 e. The van der Waals surface area contributed by atoms with Crippen LogP contribution in [0.3, 0.4) is 0 Å². The van der Waals surface area contributed by atoms with Crippen molar-refractivity contribution < 1.29 is 4.79 Å². The van der Waals surface area contributed by atoms with Crippen molar-refractivity contribution >= 4 is 22.7 Å². The number of aryl methyl sites for hydroxylation is 1. The lowest BCUT2D eigenvalue weighted by molar-refractivity contribution is -0.105. The van der Waals surface area contributed by atoms with Crippen LogP contribution in [0, 0.1) is 6.92 Å². The minimum absolute atomic E-state index is 0.693. The first kappa shape index (κ1) is 6.29. The van der Waals surface area contributed by atoms with E-state index in [-0.39, 0.29) is 0 Å². The van der Waals surface area contributed by atoms with Crippen molar-refractivity contribution in [3.8, 4) is 0 Å². The van der Waals surface area contributed by atoms with Gasteiger partial charge in [0.25, 0.3) is 0 Å². The molecule has 0 bridgehead atoms. The zero-order valence-electron chi connectivity index (χ0n) is 5.05. The molecule has 0 spiro atoms. The lowest BCUT2D eigenvalue weighted by atomic mass is 10.4. The van der Waals surface area contributed by atoms with Crippen LogP contribution in [0.1, 0.15) is 5.56 Å². The van der Waals surface area contributed by atoms with Crippen molar-refractivity contribution in [1.82, 2.24) is 0 Å². The third kappa shape index (κ3) is 1.29. The Labute approximate surface area is 57.5 Å². The van der Waals surface area contributed by atoms with E-state index in [1.165, 1.54) is 11.3 Å². The number of carbonyl (C=O) groups is 1. The van der Waals surface area contributed by atoms with E-state index in [1.807, 2.05) is 18.4 Å². The summed E-state index contributed by atoms with van der Waals surface area (Å²) in [5.41, 5.74) is 1.12. The number of carbonyl (C=O) groups excluding carboxylic acids is 1. The van der Waals surface area contributed by atoms with Gasteiger partial charge in [0.05, 0.1) is 5.00 Å². The third-order valence-corrected chi connectivity index (χ3v) is 2.00. The molecule has 0 aliphatic carbocycles. The van der Waals surface area contributed by atoms with Crippen molar-refractivity contribution in [1.29, 1.82) is 0 Å². The number of thiophene rings is 1. The summed E-state index contributed by atoms with van der Waals surface area (Å²) in [5, 5.41) is 5.47. The van der Waals surface area contributed by atoms with Crippen molar-refractivity contribution in [3.05, 3.63) is 17.0 Å². The SMILES string of the molecule is Cc1ccsc1NC=O. The zero-order valence-corrected chi connectivity index (χ0v) is 5.87.